The van der Waals surface area contributed by atoms with Crippen LogP contribution in [0.3, 0.4) is 0 Å². The molecule has 1 unspecified atom stereocenters. The van der Waals surface area contributed by atoms with E-state index in [1.54, 1.807) is 0 Å². The molecule has 2 aliphatic heterocycles. The second kappa shape index (κ2) is 9.21. The predicted octanol–water partition coefficient (Wildman–Crippen LogP) is 6.26. The number of fused-ring (bicyclic) bond motifs is 3. The molecule has 1 saturated heterocycles. The number of nitrogens with one attached hydrogen (secondary N) is 1. The first-order valence-electron chi connectivity index (χ1n) is 12.3. The summed E-state index contributed by atoms with van der Waals surface area (Å²) in [7, 11) is 0. The van der Waals surface area contributed by atoms with E-state index in [2.05, 4.69) is 61.3 Å². The molecule has 0 saturated carbocycles. The molecule has 1 N–H and O–H groups in total. The van der Waals surface area contributed by atoms with Gasteiger partial charge in [0.15, 0.2) is 11.5 Å². The minimum Gasteiger partial charge on any atom is -0.490 e. The van der Waals surface area contributed by atoms with E-state index in [-0.39, 0.29) is 11.3 Å². The van der Waals surface area contributed by atoms with Crippen LogP contribution in [0.4, 0.5) is 5.69 Å². The zero-order chi connectivity index (χ0) is 25.5. The fraction of sp³-hybridized carbons (Fsp3) is 0.300. The SMILES string of the molecule is CCOc1cc(C=CC23NC(=O)CN2c2ccc(C)cc2C3(C)C)ccc1OCc1ccc(Cl)cc1. The number of aryl methyl sites for hydroxylation is 1. The van der Waals surface area contributed by atoms with Gasteiger partial charge in [-0.05, 0) is 66.9 Å². The van der Waals surface area contributed by atoms with Crippen LogP contribution in [0.1, 0.15) is 43.0 Å². The molecule has 2 aliphatic rings. The van der Waals surface area contributed by atoms with Gasteiger partial charge < -0.3 is 19.7 Å². The van der Waals surface area contributed by atoms with Crippen molar-refractivity contribution in [3.05, 3.63) is 94.0 Å². The highest BCUT2D eigenvalue weighted by Crippen LogP contribution is 2.53. The van der Waals surface area contributed by atoms with E-state index in [4.69, 9.17) is 21.1 Å². The first kappa shape index (κ1) is 24.3. The molecular formula is C30H31ClN2O3. The summed E-state index contributed by atoms with van der Waals surface area (Å²) >= 11 is 5.99. The Morgan fingerprint density at radius 1 is 1.03 bits per heavy atom. The lowest BCUT2D eigenvalue weighted by atomic mass is 9.75. The Kier molecular flexibility index (Phi) is 6.21. The molecule has 1 atom stereocenters. The number of halogens is 1. The summed E-state index contributed by atoms with van der Waals surface area (Å²) in [6, 6.07) is 20.0. The fourth-order valence-corrected chi connectivity index (χ4v) is 5.39. The van der Waals surface area contributed by atoms with Crippen LogP contribution >= 0.6 is 11.6 Å². The minimum atomic E-state index is -0.643. The third kappa shape index (κ3) is 4.11. The lowest BCUT2D eigenvalue weighted by Crippen LogP contribution is -2.58. The van der Waals surface area contributed by atoms with Crippen molar-refractivity contribution < 1.29 is 14.3 Å². The molecule has 186 valence electrons. The van der Waals surface area contributed by atoms with Crippen molar-refractivity contribution in [2.24, 2.45) is 0 Å². The van der Waals surface area contributed by atoms with Crippen LogP contribution < -0.4 is 19.7 Å². The van der Waals surface area contributed by atoms with Gasteiger partial charge in [0.1, 0.15) is 12.3 Å². The van der Waals surface area contributed by atoms with Crippen molar-refractivity contribution in [2.45, 2.75) is 45.4 Å². The molecule has 2 heterocycles. The van der Waals surface area contributed by atoms with E-state index in [1.165, 1.54) is 11.1 Å². The second-order valence-corrected chi connectivity index (χ2v) is 10.4. The van der Waals surface area contributed by atoms with Gasteiger partial charge in [0.2, 0.25) is 5.91 Å². The van der Waals surface area contributed by atoms with Gasteiger partial charge in [0.05, 0.1) is 13.2 Å². The number of carbonyl (C=O) groups excluding carboxylic acids is 1. The van der Waals surface area contributed by atoms with Gasteiger partial charge in [0, 0.05) is 16.1 Å². The molecule has 3 aromatic rings. The summed E-state index contributed by atoms with van der Waals surface area (Å²) in [6.45, 7) is 9.73. The Morgan fingerprint density at radius 2 is 1.81 bits per heavy atom. The van der Waals surface area contributed by atoms with E-state index >= 15 is 0 Å². The minimum absolute atomic E-state index is 0.0277. The zero-order valence-corrected chi connectivity index (χ0v) is 21.9. The van der Waals surface area contributed by atoms with Crippen LogP contribution in [-0.2, 0) is 16.8 Å². The summed E-state index contributed by atoms with van der Waals surface area (Å²) in [4.78, 5) is 14.8. The van der Waals surface area contributed by atoms with Crippen molar-refractivity contribution in [3.8, 4) is 11.5 Å². The molecule has 0 radical (unpaired) electrons. The molecule has 36 heavy (non-hydrogen) atoms. The average molecular weight is 503 g/mol. The largest absolute Gasteiger partial charge is 0.490 e. The number of carbonyl (C=O) groups is 1. The molecule has 6 heteroatoms. The topological polar surface area (TPSA) is 50.8 Å². The summed E-state index contributed by atoms with van der Waals surface area (Å²) in [6.07, 6.45) is 4.18. The molecule has 0 spiro atoms. The van der Waals surface area contributed by atoms with E-state index in [9.17, 15) is 4.79 Å². The number of rotatable bonds is 7. The molecule has 0 aromatic heterocycles. The summed E-state index contributed by atoms with van der Waals surface area (Å²) in [5.41, 5.74) is 4.60. The maximum Gasteiger partial charge on any atom is 0.241 e. The van der Waals surface area contributed by atoms with Crippen molar-refractivity contribution in [2.75, 3.05) is 18.1 Å². The maximum absolute atomic E-state index is 12.6. The number of hydrogen-bond acceptors (Lipinski definition) is 4. The molecule has 1 amide bonds. The number of benzene rings is 3. The second-order valence-electron chi connectivity index (χ2n) is 9.93. The van der Waals surface area contributed by atoms with E-state index in [0.29, 0.717) is 36.3 Å². The van der Waals surface area contributed by atoms with Crippen LogP contribution in [-0.4, -0.2) is 24.7 Å². The lowest BCUT2D eigenvalue weighted by molar-refractivity contribution is -0.118. The Morgan fingerprint density at radius 3 is 2.56 bits per heavy atom. The predicted molar refractivity (Wildman–Crippen MR) is 145 cm³/mol. The standard InChI is InChI=1S/C30H31ClN2O3/c1-5-35-27-17-21(9-13-26(27)36-19-22-7-10-23(31)11-8-22)14-15-30-29(3,4)24-16-20(2)6-12-25(24)33(30)18-28(34)32-30/h6-17H,5,18-19H2,1-4H3,(H,32,34). The number of ether oxygens (including phenoxy) is 2. The third-order valence-corrected chi connectivity index (χ3v) is 7.47. The third-order valence-electron chi connectivity index (χ3n) is 7.22. The Balaban J connectivity index is 1.44. The smallest absolute Gasteiger partial charge is 0.241 e. The van der Waals surface area contributed by atoms with Crippen LogP contribution in [0.2, 0.25) is 5.02 Å². The first-order valence-corrected chi connectivity index (χ1v) is 12.6. The van der Waals surface area contributed by atoms with Crippen LogP contribution in [0.15, 0.2) is 66.7 Å². The molecule has 5 rings (SSSR count). The first-order chi connectivity index (χ1) is 17.2. The molecule has 3 aromatic carbocycles. The molecular weight excluding hydrogens is 472 g/mol. The van der Waals surface area contributed by atoms with Gasteiger partial charge >= 0.3 is 0 Å². The normalized spacial score (nSPS) is 19.8. The van der Waals surface area contributed by atoms with Crippen molar-refractivity contribution in [3.63, 3.8) is 0 Å². The molecule has 1 fully saturated rings. The van der Waals surface area contributed by atoms with Crippen LogP contribution in [0.25, 0.3) is 6.08 Å². The van der Waals surface area contributed by atoms with E-state index in [0.717, 1.165) is 16.8 Å². The highest BCUT2D eigenvalue weighted by molar-refractivity contribution is 6.30. The number of anilines is 1. The quantitative estimate of drug-likeness (QED) is 0.414. The number of nitrogens with zero attached hydrogens (tertiary/aromatic N) is 1. The number of amides is 1. The molecule has 0 aliphatic carbocycles. The van der Waals surface area contributed by atoms with Gasteiger partial charge in [-0.25, -0.2) is 0 Å². The van der Waals surface area contributed by atoms with Gasteiger partial charge in [-0.3, -0.25) is 4.79 Å². The summed E-state index contributed by atoms with van der Waals surface area (Å²) in [5, 5.41) is 3.98. The Bertz CT molecular complexity index is 1330. The van der Waals surface area contributed by atoms with Crippen molar-refractivity contribution >= 4 is 29.3 Å². The maximum atomic E-state index is 12.6. The van der Waals surface area contributed by atoms with Gasteiger partial charge in [-0.1, -0.05) is 67.4 Å². The lowest BCUT2D eigenvalue weighted by Gasteiger charge is -2.40. The van der Waals surface area contributed by atoms with E-state index < -0.39 is 5.66 Å². The van der Waals surface area contributed by atoms with Gasteiger partial charge in [-0.2, -0.15) is 0 Å². The van der Waals surface area contributed by atoms with Crippen LogP contribution in [0, 0.1) is 6.92 Å². The highest BCUT2D eigenvalue weighted by Gasteiger charge is 2.59. The highest BCUT2D eigenvalue weighted by atomic mass is 35.5. The Labute approximate surface area is 217 Å². The zero-order valence-electron chi connectivity index (χ0n) is 21.1. The summed E-state index contributed by atoms with van der Waals surface area (Å²) < 4.78 is 12.0. The van der Waals surface area contributed by atoms with Crippen molar-refractivity contribution in [1.29, 1.82) is 0 Å². The average Bonchev–Trinajstić information content (AvgIpc) is 3.28. The van der Waals surface area contributed by atoms with Gasteiger partial charge in [-0.15, -0.1) is 0 Å². The van der Waals surface area contributed by atoms with Crippen molar-refractivity contribution in [1.82, 2.24) is 5.32 Å². The monoisotopic (exact) mass is 502 g/mol. The molecule has 5 nitrogen and oxygen atoms in total. The fourth-order valence-electron chi connectivity index (χ4n) is 5.26. The van der Waals surface area contributed by atoms with Gasteiger partial charge in [0.25, 0.3) is 0 Å². The van der Waals surface area contributed by atoms with Crippen LogP contribution in [0.5, 0.6) is 11.5 Å². The molecule has 0 bridgehead atoms. The van der Waals surface area contributed by atoms with E-state index in [1.807, 2.05) is 49.4 Å². The number of hydrogen-bond donors (Lipinski definition) is 1. The Hall–Kier alpha value is -3.44. The summed E-state index contributed by atoms with van der Waals surface area (Å²) in [5.74, 6) is 1.39.